The Hall–Kier alpha value is -1.25. The van der Waals surface area contributed by atoms with Crippen molar-refractivity contribution < 1.29 is 24.0 Å². The molecular formula is C15H26N2O5S. The molecule has 23 heavy (non-hydrogen) atoms. The number of ketones is 2. The molecule has 0 aliphatic heterocycles. The number of hydrogen-bond donors (Lipinski definition) is 2. The van der Waals surface area contributed by atoms with Gasteiger partial charge in [0.25, 0.3) is 0 Å². The summed E-state index contributed by atoms with van der Waals surface area (Å²) >= 11 is 1.03. The van der Waals surface area contributed by atoms with E-state index < -0.39 is 29.0 Å². The summed E-state index contributed by atoms with van der Waals surface area (Å²) in [4.78, 5) is 51.1. The zero-order chi connectivity index (χ0) is 18.2. The van der Waals surface area contributed by atoms with Crippen molar-refractivity contribution in [2.75, 3.05) is 5.75 Å². The molecule has 0 radical (unpaired) electrons. The molecule has 8 heteroatoms. The standard InChI is InChI=1S/C15H26N2O5S/c1-9(2)7-12(8-23-11(4)19)14(21)15(16,10(3)18)6-5-13(20)22-17/h9,12H,5-8,16-17H2,1-4H3. The molecule has 0 aromatic rings. The van der Waals surface area contributed by atoms with E-state index >= 15 is 0 Å². The first-order valence-corrected chi connectivity index (χ1v) is 8.40. The lowest BCUT2D eigenvalue weighted by molar-refractivity contribution is -0.145. The van der Waals surface area contributed by atoms with E-state index in [0.29, 0.717) is 6.42 Å². The van der Waals surface area contributed by atoms with E-state index in [0.717, 1.165) is 11.8 Å². The first kappa shape index (κ1) is 21.8. The molecule has 0 fully saturated rings. The first-order valence-electron chi connectivity index (χ1n) is 7.41. The lowest BCUT2D eigenvalue weighted by Crippen LogP contribution is -2.57. The first-order chi connectivity index (χ1) is 10.5. The molecule has 0 aromatic heterocycles. The van der Waals surface area contributed by atoms with Gasteiger partial charge in [-0.1, -0.05) is 25.6 Å². The molecule has 0 saturated heterocycles. The lowest BCUT2D eigenvalue weighted by Gasteiger charge is -2.30. The van der Waals surface area contributed by atoms with Crippen molar-refractivity contribution in [1.82, 2.24) is 0 Å². The Morgan fingerprint density at radius 2 is 1.74 bits per heavy atom. The van der Waals surface area contributed by atoms with Crippen molar-refractivity contribution in [2.24, 2.45) is 23.5 Å². The van der Waals surface area contributed by atoms with Crippen molar-refractivity contribution in [1.29, 1.82) is 0 Å². The Morgan fingerprint density at radius 3 is 2.13 bits per heavy atom. The van der Waals surface area contributed by atoms with Crippen LogP contribution in [0.4, 0.5) is 0 Å². The number of thioether (sulfide) groups is 1. The van der Waals surface area contributed by atoms with E-state index in [1.165, 1.54) is 13.8 Å². The van der Waals surface area contributed by atoms with Gasteiger partial charge in [-0.3, -0.25) is 19.2 Å². The van der Waals surface area contributed by atoms with E-state index in [9.17, 15) is 19.2 Å². The maximum Gasteiger partial charge on any atom is 0.324 e. The van der Waals surface area contributed by atoms with Gasteiger partial charge in [-0.15, -0.1) is 0 Å². The second-order valence-electron chi connectivity index (χ2n) is 6.01. The Kier molecular flexibility index (Phi) is 9.26. The van der Waals surface area contributed by atoms with Crippen LogP contribution in [0.3, 0.4) is 0 Å². The summed E-state index contributed by atoms with van der Waals surface area (Å²) in [6.45, 7) is 6.52. The maximum atomic E-state index is 12.8. The zero-order valence-electron chi connectivity index (χ0n) is 14.1. The van der Waals surface area contributed by atoms with Crippen molar-refractivity contribution >= 4 is 34.4 Å². The molecule has 2 unspecified atom stereocenters. The molecule has 132 valence electrons. The molecule has 0 aliphatic rings. The van der Waals surface area contributed by atoms with Gasteiger partial charge in [0.2, 0.25) is 0 Å². The fraction of sp³-hybridized carbons (Fsp3) is 0.733. The maximum absolute atomic E-state index is 12.8. The molecule has 2 atom stereocenters. The summed E-state index contributed by atoms with van der Waals surface area (Å²) in [5.74, 6) is 2.97. The highest BCUT2D eigenvalue weighted by Gasteiger charge is 2.42. The average molecular weight is 346 g/mol. The molecule has 7 nitrogen and oxygen atoms in total. The predicted octanol–water partition coefficient (Wildman–Crippen LogP) is 0.981. The van der Waals surface area contributed by atoms with Crippen LogP contribution in [0.15, 0.2) is 0 Å². The van der Waals surface area contributed by atoms with Gasteiger partial charge in [0.05, 0.1) is 0 Å². The third-order valence-electron chi connectivity index (χ3n) is 3.54. The van der Waals surface area contributed by atoms with E-state index in [1.807, 2.05) is 13.8 Å². The molecule has 0 bridgehead atoms. The van der Waals surface area contributed by atoms with Gasteiger partial charge in [-0.05, 0) is 25.7 Å². The minimum absolute atomic E-state index is 0.108. The van der Waals surface area contributed by atoms with E-state index in [4.69, 9.17) is 11.6 Å². The quantitative estimate of drug-likeness (QED) is 0.442. The van der Waals surface area contributed by atoms with Crippen LogP contribution >= 0.6 is 11.8 Å². The number of nitrogens with two attached hydrogens (primary N) is 2. The van der Waals surface area contributed by atoms with Gasteiger partial charge in [0, 0.05) is 25.0 Å². The summed E-state index contributed by atoms with van der Waals surface area (Å²) in [7, 11) is 0. The van der Waals surface area contributed by atoms with Crippen LogP contribution in [0.1, 0.15) is 47.0 Å². The third-order valence-corrected chi connectivity index (χ3v) is 4.51. The third kappa shape index (κ3) is 7.24. The summed E-state index contributed by atoms with van der Waals surface area (Å²) in [5.41, 5.74) is 4.26. The van der Waals surface area contributed by atoms with Crippen LogP contribution in [0, 0.1) is 11.8 Å². The molecule has 0 aromatic carbocycles. The molecule has 0 heterocycles. The van der Waals surface area contributed by atoms with Crippen molar-refractivity contribution in [3.8, 4) is 0 Å². The average Bonchev–Trinajstić information content (AvgIpc) is 2.46. The molecular weight excluding hydrogens is 320 g/mol. The number of hydrogen-bond acceptors (Lipinski definition) is 8. The fourth-order valence-electron chi connectivity index (χ4n) is 2.23. The van der Waals surface area contributed by atoms with Gasteiger partial charge in [0.1, 0.15) is 5.54 Å². The van der Waals surface area contributed by atoms with E-state index in [1.54, 1.807) is 0 Å². The summed E-state index contributed by atoms with van der Waals surface area (Å²) < 4.78 is 0. The largest absolute Gasteiger partial charge is 0.373 e. The molecule has 0 aliphatic carbocycles. The monoisotopic (exact) mass is 346 g/mol. The Bertz CT molecular complexity index is 467. The highest BCUT2D eigenvalue weighted by atomic mass is 32.2. The molecule has 0 rings (SSSR count). The molecule has 0 amide bonds. The van der Waals surface area contributed by atoms with Crippen molar-refractivity contribution in [2.45, 2.75) is 52.5 Å². The second kappa shape index (κ2) is 9.79. The van der Waals surface area contributed by atoms with Gasteiger partial charge >= 0.3 is 5.97 Å². The minimum atomic E-state index is -1.77. The van der Waals surface area contributed by atoms with E-state index in [-0.39, 0.29) is 29.6 Å². The zero-order valence-corrected chi connectivity index (χ0v) is 14.9. The van der Waals surface area contributed by atoms with Crippen LogP contribution < -0.4 is 11.6 Å². The minimum Gasteiger partial charge on any atom is -0.373 e. The Morgan fingerprint density at radius 1 is 1.17 bits per heavy atom. The lowest BCUT2D eigenvalue weighted by atomic mass is 9.78. The number of rotatable bonds is 10. The Labute approximate surface area is 140 Å². The topological polar surface area (TPSA) is 130 Å². The van der Waals surface area contributed by atoms with Gasteiger partial charge < -0.3 is 10.6 Å². The summed E-state index contributed by atoms with van der Waals surface area (Å²) in [6, 6.07) is 0. The van der Waals surface area contributed by atoms with Crippen LogP contribution in [0.2, 0.25) is 0 Å². The van der Waals surface area contributed by atoms with Crippen LogP contribution in [-0.2, 0) is 24.0 Å². The van der Waals surface area contributed by atoms with Gasteiger partial charge in [0.15, 0.2) is 16.7 Å². The van der Waals surface area contributed by atoms with Crippen LogP contribution in [0.25, 0.3) is 0 Å². The number of Topliss-reactive ketones (excluding diaryl/α,β-unsaturated/α-hetero) is 2. The number of carbonyl (C=O) groups is 4. The highest BCUT2D eigenvalue weighted by Crippen LogP contribution is 2.26. The van der Waals surface area contributed by atoms with Crippen LogP contribution in [-0.4, -0.2) is 33.9 Å². The summed E-state index contributed by atoms with van der Waals surface area (Å²) in [5, 5.41) is -0.108. The predicted molar refractivity (Wildman–Crippen MR) is 88.2 cm³/mol. The number of carbonyl (C=O) groups excluding carboxylic acids is 4. The SMILES string of the molecule is CC(=O)SCC(CC(C)C)C(=O)C(N)(CCC(=O)ON)C(C)=O. The van der Waals surface area contributed by atoms with E-state index in [2.05, 4.69) is 4.84 Å². The van der Waals surface area contributed by atoms with Crippen LogP contribution in [0.5, 0.6) is 0 Å². The van der Waals surface area contributed by atoms with Crippen molar-refractivity contribution in [3.63, 3.8) is 0 Å². The van der Waals surface area contributed by atoms with Crippen molar-refractivity contribution in [3.05, 3.63) is 0 Å². The fourth-order valence-corrected chi connectivity index (χ4v) is 2.96. The summed E-state index contributed by atoms with van der Waals surface area (Å²) in [6.07, 6.45) is 0.107. The van der Waals surface area contributed by atoms with Gasteiger partial charge in [-0.2, -0.15) is 5.90 Å². The highest BCUT2D eigenvalue weighted by molar-refractivity contribution is 8.13. The molecule has 4 N–H and O–H groups in total. The molecule has 0 spiro atoms. The second-order valence-corrected chi connectivity index (χ2v) is 7.21. The molecule has 0 saturated carbocycles. The van der Waals surface area contributed by atoms with Gasteiger partial charge in [-0.25, -0.2) is 0 Å². The smallest absolute Gasteiger partial charge is 0.324 e. The Balaban J connectivity index is 5.28. The normalized spacial score (nSPS) is 14.9.